The summed E-state index contributed by atoms with van der Waals surface area (Å²) in [7, 11) is 0. The fraction of sp³-hybridized carbons (Fsp3) is 0.400. The molecule has 0 spiro atoms. The number of nitrogens with zero attached hydrogens (tertiary/aromatic N) is 6. The van der Waals surface area contributed by atoms with Gasteiger partial charge in [0.05, 0.1) is 23.8 Å². The van der Waals surface area contributed by atoms with Gasteiger partial charge in [-0.3, -0.25) is 4.98 Å². The number of para-hydroxylation sites is 1. The number of oxazole rings is 2. The molecule has 236 valence electrons. The van der Waals surface area contributed by atoms with Crippen molar-refractivity contribution in [1.82, 2.24) is 29.1 Å². The Morgan fingerprint density at radius 3 is 2.18 bits per heavy atom. The minimum atomic E-state index is -2.31. The molecular weight excluding hydrogens is 671 g/mol. The van der Waals surface area contributed by atoms with Gasteiger partial charge in [0.2, 0.25) is 5.89 Å². The topological polar surface area (TPSA) is 104 Å². The standard InChI is InChI=1S/C20H15N5O2.3C4H9.C3H2NO.Sn/c26-20-24-11-3-5-16(19-21-10-13-27-19)18(24)23-25(20)12-9-15-8-7-14-4-1-2-6-17(14)22-15;3*1-3-4-2;1-2-5-3-4-1;/h1-8,10-11,13H,9,12H2;3*1,3-4H2,2H3;1-2H;. The molecule has 0 fully saturated rings. The van der Waals surface area contributed by atoms with E-state index < -0.39 is 18.4 Å². The number of unbranched alkanes of at least 4 members (excludes halogenated alkanes) is 3. The Bertz CT molecular complexity index is 1790. The number of fused-ring (bicyclic) bond motifs is 2. The van der Waals surface area contributed by atoms with E-state index >= 15 is 0 Å². The molecule has 6 aromatic rings. The Morgan fingerprint density at radius 2 is 1.51 bits per heavy atom. The SMILES string of the molecule is CCC[CH2][Sn]([CH2]CCC)([CH2]CCC)[c]1ncco1.O=c1n(CCc2ccc3ccccc3n2)nc2c(-c3ncco3)cccn12. The van der Waals surface area contributed by atoms with Crippen LogP contribution in [0.1, 0.15) is 65.0 Å². The molecule has 9 nitrogen and oxygen atoms in total. The third-order valence-corrected chi connectivity index (χ3v) is 22.9. The van der Waals surface area contributed by atoms with Gasteiger partial charge < -0.3 is 4.42 Å². The van der Waals surface area contributed by atoms with Crippen molar-refractivity contribution in [3.05, 3.63) is 95.8 Å². The summed E-state index contributed by atoms with van der Waals surface area (Å²) in [6.45, 7) is 7.33. The zero-order valence-corrected chi connectivity index (χ0v) is 29.5. The van der Waals surface area contributed by atoms with Gasteiger partial charge >= 0.3 is 122 Å². The van der Waals surface area contributed by atoms with Crippen molar-refractivity contribution in [3.8, 4) is 11.5 Å². The van der Waals surface area contributed by atoms with E-state index in [2.05, 4.69) is 40.8 Å². The second-order valence-corrected chi connectivity index (χ2v) is 24.4. The van der Waals surface area contributed by atoms with Crippen LogP contribution in [0.3, 0.4) is 0 Å². The predicted octanol–water partition coefficient (Wildman–Crippen LogP) is 7.67. The summed E-state index contributed by atoms with van der Waals surface area (Å²) in [5.41, 5.74) is 2.88. The average molecular weight is 715 g/mol. The molecule has 0 aliphatic carbocycles. The fourth-order valence-corrected chi connectivity index (χ4v) is 20.6. The zero-order chi connectivity index (χ0) is 31.5. The molecule has 0 saturated heterocycles. The Hall–Kier alpha value is -3.73. The van der Waals surface area contributed by atoms with Crippen LogP contribution in [-0.2, 0) is 13.0 Å². The van der Waals surface area contributed by atoms with Crippen molar-refractivity contribution in [2.45, 2.75) is 85.6 Å². The summed E-state index contributed by atoms with van der Waals surface area (Å²) in [6.07, 6.45) is 17.0. The van der Waals surface area contributed by atoms with E-state index in [0.717, 1.165) is 16.6 Å². The van der Waals surface area contributed by atoms with Crippen molar-refractivity contribution in [1.29, 1.82) is 0 Å². The molecule has 0 amide bonds. The maximum Gasteiger partial charge on any atom is 0.350 e. The van der Waals surface area contributed by atoms with E-state index in [9.17, 15) is 4.79 Å². The smallest absolute Gasteiger partial charge is 0.350 e. The van der Waals surface area contributed by atoms with Crippen LogP contribution in [0.2, 0.25) is 13.3 Å². The first-order valence-electron chi connectivity index (χ1n) is 16.3. The first kappa shape index (κ1) is 32.7. The number of hydrogen-bond acceptors (Lipinski definition) is 7. The second-order valence-electron chi connectivity index (χ2n) is 11.6. The van der Waals surface area contributed by atoms with E-state index in [0.29, 0.717) is 30.1 Å². The van der Waals surface area contributed by atoms with Crippen molar-refractivity contribution in [3.63, 3.8) is 0 Å². The Morgan fingerprint density at radius 1 is 0.800 bits per heavy atom. The van der Waals surface area contributed by atoms with Crippen molar-refractivity contribution < 1.29 is 8.83 Å². The maximum absolute atomic E-state index is 12.7. The van der Waals surface area contributed by atoms with Gasteiger partial charge in [-0.2, -0.15) is 0 Å². The molecule has 0 atom stereocenters. The van der Waals surface area contributed by atoms with Gasteiger partial charge in [0, 0.05) is 23.7 Å². The summed E-state index contributed by atoms with van der Waals surface area (Å²) < 4.78 is 19.6. The van der Waals surface area contributed by atoms with E-state index in [1.165, 1.54) is 71.1 Å². The van der Waals surface area contributed by atoms with Gasteiger partial charge in [-0.05, 0) is 24.3 Å². The van der Waals surface area contributed by atoms with Crippen molar-refractivity contribution in [2.24, 2.45) is 0 Å². The van der Waals surface area contributed by atoms with Crippen molar-refractivity contribution >= 4 is 38.8 Å². The summed E-state index contributed by atoms with van der Waals surface area (Å²) >= 11 is -2.31. The molecule has 6 rings (SSSR count). The molecule has 0 aliphatic rings. The number of hydrogen-bond donors (Lipinski definition) is 0. The minimum absolute atomic E-state index is 0.195. The number of rotatable bonds is 14. The van der Waals surface area contributed by atoms with Crippen LogP contribution in [0, 0.1) is 0 Å². The first-order chi connectivity index (χ1) is 22.1. The molecule has 0 aliphatic heterocycles. The molecule has 10 heteroatoms. The quantitative estimate of drug-likeness (QED) is 0.107. The maximum atomic E-state index is 12.7. The Balaban J connectivity index is 0.000000195. The third kappa shape index (κ3) is 7.92. The summed E-state index contributed by atoms with van der Waals surface area (Å²) in [6, 6.07) is 15.6. The van der Waals surface area contributed by atoms with Crippen LogP contribution < -0.4 is 9.60 Å². The van der Waals surface area contributed by atoms with Gasteiger partial charge in [0.25, 0.3) is 0 Å². The van der Waals surface area contributed by atoms with Crippen LogP contribution in [0.15, 0.2) is 93.3 Å². The Kier molecular flexibility index (Phi) is 11.6. The third-order valence-electron chi connectivity index (χ3n) is 8.42. The predicted molar refractivity (Wildman–Crippen MR) is 181 cm³/mol. The van der Waals surface area contributed by atoms with Gasteiger partial charge in [0.1, 0.15) is 6.26 Å². The average Bonchev–Trinajstić information content (AvgIpc) is 3.87. The van der Waals surface area contributed by atoms with Gasteiger partial charge in [-0.25, -0.2) is 18.9 Å². The summed E-state index contributed by atoms with van der Waals surface area (Å²) in [4.78, 5) is 26.1. The molecule has 1 aromatic carbocycles. The monoisotopic (exact) mass is 716 g/mol. The van der Waals surface area contributed by atoms with Crippen LogP contribution in [0.5, 0.6) is 0 Å². The molecule has 0 N–H and O–H groups in total. The fourth-order valence-electron chi connectivity index (χ4n) is 5.90. The van der Waals surface area contributed by atoms with Gasteiger partial charge in [0.15, 0.2) is 5.65 Å². The summed E-state index contributed by atoms with van der Waals surface area (Å²) in [5, 5.41) is 5.58. The Labute approximate surface area is 268 Å². The van der Waals surface area contributed by atoms with E-state index in [-0.39, 0.29) is 5.69 Å². The number of pyridine rings is 2. The number of benzene rings is 1. The molecule has 45 heavy (non-hydrogen) atoms. The van der Waals surface area contributed by atoms with Gasteiger partial charge in [-0.1, -0.05) is 24.3 Å². The summed E-state index contributed by atoms with van der Waals surface area (Å²) in [5.74, 6) is 0.439. The minimum Gasteiger partial charge on any atom is -0.444 e. The van der Waals surface area contributed by atoms with Crippen molar-refractivity contribution in [2.75, 3.05) is 0 Å². The molecule has 0 radical (unpaired) electrons. The largest absolute Gasteiger partial charge is 0.444 e. The normalized spacial score (nSPS) is 11.6. The molecule has 0 saturated carbocycles. The van der Waals surface area contributed by atoms with E-state index in [1.54, 1.807) is 24.7 Å². The van der Waals surface area contributed by atoms with Crippen LogP contribution in [0.4, 0.5) is 0 Å². The number of aromatic nitrogens is 6. The second kappa shape index (κ2) is 16.0. The number of aryl methyl sites for hydroxylation is 2. The van der Waals surface area contributed by atoms with Crippen LogP contribution in [0.25, 0.3) is 28.0 Å². The van der Waals surface area contributed by atoms with Gasteiger partial charge in [-0.15, -0.1) is 5.10 Å². The zero-order valence-electron chi connectivity index (χ0n) is 26.7. The molecule has 0 unspecified atom stereocenters. The molecule has 0 bridgehead atoms. The molecule has 5 aromatic heterocycles. The van der Waals surface area contributed by atoms with E-state index in [1.807, 2.05) is 48.7 Å². The molecule has 5 heterocycles. The van der Waals surface area contributed by atoms with Crippen LogP contribution >= 0.6 is 0 Å². The first-order valence-corrected chi connectivity index (χ1v) is 23.8. The van der Waals surface area contributed by atoms with E-state index in [4.69, 9.17) is 8.83 Å². The van der Waals surface area contributed by atoms with Crippen LogP contribution in [-0.4, -0.2) is 47.5 Å². The molecular formula is C35H44N6O3Sn.